The number of rotatable bonds is 4. The van der Waals surface area contributed by atoms with Crippen LogP contribution in [0.15, 0.2) is 36.4 Å². The number of halogens is 2. The largest absolute Gasteiger partial charge is 0.454 e. The zero-order chi connectivity index (χ0) is 15.5. The summed E-state index contributed by atoms with van der Waals surface area (Å²) in [6.45, 7) is 0.588. The van der Waals surface area contributed by atoms with E-state index in [9.17, 15) is 9.18 Å². The highest BCUT2D eigenvalue weighted by Gasteiger charge is 2.16. The van der Waals surface area contributed by atoms with Crippen molar-refractivity contribution in [2.75, 3.05) is 13.3 Å². The van der Waals surface area contributed by atoms with Crippen molar-refractivity contribution in [2.45, 2.75) is 6.42 Å². The Morgan fingerprint density at radius 1 is 1.23 bits per heavy atom. The average molecular weight is 322 g/mol. The van der Waals surface area contributed by atoms with Crippen LogP contribution in [0.3, 0.4) is 0 Å². The van der Waals surface area contributed by atoms with Crippen LogP contribution in [0, 0.1) is 5.82 Å². The van der Waals surface area contributed by atoms with Gasteiger partial charge in [0.1, 0.15) is 5.82 Å². The summed E-state index contributed by atoms with van der Waals surface area (Å²) in [4.78, 5) is 12.0. The number of nitrogens with one attached hydrogen (secondary N) is 1. The van der Waals surface area contributed by atoms with Gasteiger partial charge in [0.2, 0.25) is 6.79 Å². The van der Waals surface area contributed by atoms with Crippen LogP contribution in [0.5, 0.6) is 11.5 Å². The molecule has 0 atom stereocenters. The predicted molar refractivity (Wildman–Crippen MR) is 80.0 cm³/mol. The fourth-order valence-electron chi connectivity index (χ4n) is 2.22. The molecule has 22 heavy (non-hydrogen) atoms. The van der Waals surface area contributed by atoms with Crippen molar-refractivity contribution < 1.29 is 18.7 Å². The molecule has 1 aliphatic rings. The molecule has 0 aromatic heterocycles. The van der Waals surface area contributed by atoms with Crippen LogP contribution in [0.25, 0.3) is 0 Å². The number of ether oxygens (including phenoxy) is 2. The van der Waals surface area contributed by atoms with E-state index in [1.54, 1.807) is 0 Å². The molecule has 2 aromatic carbocycles. The first-order valence-electron chi connectivity index (χ1n) is 6.76. The van der Waals surface area contributed by atoms with Crippen LogP contribution >= 0.6 is 11.6 Å². The predicted octanol–water partition coefficient (Wildman–Crippen LogP) is 3.18. The summed E-state index contributed by atoms with van der Waals surface area (Å²) in [5.41, 5.74) is 0.860. The molecule has 1 amide bonds. The van der Waals surface area contributed by atoms with Crippen LogP contribution in [-0.2, 0) is 6.42 Å². The Balaban J connectivity index is 1.60. The Bertz CT molecular complexity index is 700. The van der Waals surface area contributed by atoms with Gasteiger partial charge in [-0.2, -0.15) is 0 Å². The minimum Gasteiger partial charge on any atom is -0.454 e. The Morgan fingerprint density at radius 2 is 2.05 bits per heavy atom. The quantitative estimate of drug-likeness (QED) is 0.941. The summed E-state index contributed by atoms with van der Waals surface area (Å²) in [6.07, 6.45) is 0.592. The summed E-state index contributed by atoms with van der Waals surface area (Å²) in [6, 6.07) is 9.74. The van der Waals surface area contributed by atoms with E-state index in [4.69, 9.17) is 21.1 Å². The Morgan fingerprint density at radius 3 is 2.86 bits per heavy atom. The van der Waals surface area contributed by atoms with Crippen LogP contribution in [0.2, 0.25) is 5.02 Å². The molecule has 0 radical (unpaired) electrons. The number of amides is 1. The molecule has 0 unspecified atom stereocenters. The van der Waals surface area contributed by atoms with Crippen LogP contribution < -0.4 is 14.8 Å². The maximum Gasteiger partial charge on any atom is 0.255 e. The minimum atomic E-state index is -0.631. The molecule has 0 fully saturated rings. The maximum atomic E-state index is 13.6. The molecule has 2 aromatic rings. The fraction of sp³-hybridized carbons (Fsp3) is 0.188. The van der Waals surface area contributed by atoms with Gasteiger partial charge in [-0.15, -0.1) is 0 Å². The summed E-state index contributed by atoms with van der Waals surface area (Å²) >= 11 is 5.85. The molecule has 0 aliphatic carbocycles. The molecule has 4 nitrogen and oxygen atoms in total. The van der Waals surface area contributed by atoms with Gasteiger partial charge in [-0.05, 0) is 36.2 Å². The SMILES string of the molecule is O=C(NCCc1ccc2c(c1)OCO2)c1c(F)cccc1Cl. The van der Waals surface area contributed by atoms with E-state index >= 15 is 0 Å². The molecule has 1 heterocycles. The topological polar surface area (TPSA) is 47.6 Å². The van der Waals surface area contributed by atoms with Gasteiger partial charge in [0.25, 0.3) is 5.91 Å². The summed E-state index contributed by atoms with van der Waals surface area (Å²) < 4.78 is 24.1. The molecule has 6 heteroatoms. The van der Waals surface area contributed by atoms with Crippen LogP contribution in [-0.4, -0.2) is 19.2 Å². The second-order valence-corrected chi connectivity index (χ2v) is 5.20. The molecule has 0 spiro atoms. The minimum absolute atomic E-state index is 0.0978. The lowest BCUT2D eigenvalue weighted by Crippen LogP contribution is -2.26. The van der Waals surface area contributed by atoms with Gasteiger partial charge in [-0.25, -0.2) is 4.39 Å². The van der Waals surface area contributed by atoms with Gasteiger partial charge in [-0.1, -0.05) is 23.7 Å². The smallest absolute Gasteiger partial charge is 0.255 e. The molecule has 0 saturated carbocycles. The molecule has 0 bridgehead atoms. The summed E-state index contributed by atoms with van der Waals surface area (Å²) in [5, 5.41) is 2.76. The normalized spacial score (nSPS) is 12.3. The van der Waals surface area contributed by atoms with E-state index in [2.05, 4.69) is 5.32 Å². The third kappa shape index (κ3) is 2.99. The van der Waals surface area contributed by atoms with Crippen molar-refractivity contribution in [3.8, 4) is 11.5 Å². The standard InChI is InChI=1S/C16H13ClFNO3/c17-11-2-1-3-12(18)15(11)16(20)19-7-6-10-4-5-13-14(8-10)22-9-21-13/h1-5,8H,6-7,9H2,(H,19,20). The molecule has 3 rings (SSSR count). The Hall–Kier alpha value is -2.27. The average Bonchev–Trinajstić information content (AvgIpc) is 2.94. The second-order valence-electron chi connectivity index (χ2n) is 4.79. The number of carbonyl (C=O) groups is 1. The van der Waals surface area contributed by atoms with Gasteiger partial charge in [0.15, 0.2) is 11.5 Å². The number of carbonyl (C=O) groups excluding carboxylic acids is 1. The Kier molecular flexibility index (Phi) is 4.15. The van der Waals surface area contributed by atoms with Crippen molar-refractivity contribution >= 4 is 17.5 Å². The molecule has 0 saturated heterocycles. The second kappa shape index (κ2) is 6.23. The van der Waals surface area contributed by atoms with E-state index in [0.717, 1.165) is 5.56 Å². The van der Waals surface area contributed by atoms with Crippen LogP contribution in [0.1, 0.15) is 15.9 Å². The van der Waals surface area contributed by atoms with Gasteiger partial charge in [0.05, 0.1) is 10.6 Å². The first-order valence-corrected chi connectivity index (χ1v) is 7.13. The summed E-state index contributed by atoms with van der Waals surface area (Å²) in [5.74, 6) is 0.254. The van der Waals surface area contributed by atoms with E-state index < -0.39 is 11.7 Å². The number of hydrogen-bond acceptors (Lipinski definition) is 3. The number of hydrogen-bond donors (Lipinski definition) is 1. The van der Waals surface area contributed by atoms with E-state index in [0.29, 0.717) is 24.5 Å². The van der Waals surface area contributed by atoms with E-state index in [1.165, 1.54) is 18.2 Å². The zero-order valence-electron chi connectivity index (χ0n) is 11.6. The number of benzene rings is 2. The lowest BCUT2D eigenvalue weighted by Gasteiger charge is -2.08. The third-order valence-electron chi connectivity index (χ3n) is 3.33. The third-order valence-corrected chi connectivity index (χ3v) is 3.64. The zero-order valence-corrected chi connectivity index (χ0v) is 12.3. The van der Waals surface area contributed by atoms with Crippen molar-refractivity contribution in [1.29, 1.82) is 0 Å². The molecular weight excluding hydrogens is 309 g/mol. The highest BCUT2D eigenvalue weighted by molar-refractivity contribution is 6.33. The first kappa shape index (κ1) is 14.7. The Labute approximate surface area is 131 Å². The van der Waals surface area contributed by atoms with Gasteiger partial charge in [-0.3, -0.25) is 4.79 Å². The first-order chi connectivity index (χ1) is 10.6. The lowest BCUT2D eigenvalue weighted by atomic mass is 10.1. The number of fused-ring (bicyclic) bond motifs is 1. The van der Waals surface area contributed by atoms with Crippen molar-refractivity contribution in [1.82, 2.24) is 5.32 Å². The molecule has 114 valence electrons. The van der Waals surface area contributed by atoms with Crippen LogP contribution in [0.4, 0.5) is 4.39 Å². The molecule has 1 aliphatic heterocycles. The van der Waals surface area contributed by atoms with E-state index in [1.807, 2.05) is 18.2 Å². The molecule has 1 N–H and O–H groups in total. The van der Waals surface area contributed by atoms with Gasteiger partial charge in [0, 0.05) is 6.54 Å². The lowest BCUT2D eigenvalue weighted by molar-refractivity contribution is 0.0950. The van der Waals surface area contributed by atoms with Crippen molar-refractivity contribution in [2.24, 2.45) is 0 Å². The summed E-state index contributed by atoms with van der Waals surface area (Å²) in [7, 11) is 0. The highest BCUT2D eigenvalue weighted by atomic mass is 35.5. The highest BCUT2D eigenvalue weighted by Crippen LogP contribution is 2.32. The molecular formula is C16H13ClFNO3. The van der Waals surface area contributed by atoms with E-state index in [-0.39, 0.29) is 17.4 Å². The van der Waals surface area contributed by atoms with Crippen molar-refractivity contribution in [3.63, 3.8) is 0 Å². The van der Waals surface area contributed by atoms with Crippen molar-refractivity contribution in [3.05, 3.63) is 58.4 Å². The van der Waals surface area contributed by atoms with Gasteiger partial charge < -0.3 is 14.8 Å². The monoisotopic (exact) mass is 321 g/mol. The van der Waals surface area contributed by atoms with Gasteiger partial charge >= 0.3 is 0 Å². The fourth-order valence-corrected chi connectivity index (χ4v) is 2.47. The maximum absolute atomic E-state index is 13.6.